The molecule has 0 spiro atoms. The third-order valence-electron chi connectivity index (χ3n) is 3.62. The lowest BCUT2D eigenvalue weighted by Crippen LogP contribution is -2.48. The van der Waals surface area contributed by atoms with E-state index in [1.54, 1.807) is 18.2 Å². The highest BCUT2D eigenvalue weighted by molar-refractivity contribution is 7.22. The molecular weight excluding hydrogens is 300 g/mol. The quantitative estimate of drug-likeness (QED) is 0.854. The number of amides is 1. The van der Waals surface area contributed by atoms with Gasteiger partial charge in [0.2, 0.25) is 5.91 Å². The van der Waals surface area contributed by atoms with Crippen LogP contribution in [-0.4, -0.2) is 22.0 Å². The summed E-state index contributed by atoms with van der Waals surface area (Å²) in [7, 11) is 0. The Bertz CT molecular complexity index is 709. The highest BCUT2D eigenvalue weighted by atomic mass is 35.5. The Hall–Kier alpha value is -1.66. The molecule has 5 nitrogen and oxygen atoms in total. The van der Waals surface area contributed by atoms with E-state index in [2.05, 4.69) is 10.3 Å². The lowest BCUT2D eigenvalue weighted by Gasteiger charge is -2.35. The van der Waals surface area contributed by atoms with Gasteiger partial charge in [-0.3, -0.25) is 9.59 Å². The van der Waals surface area contributed by atoms with E-state index in [0.29, 0.717) is 23.0 Å². The fraction of sp³-hybridized carbons (Fsp3) is 0.308. The second-order valence-corrected chi connectivity index (χ2v) is 6.29. The normalized spacial score (nSPS) is 16.6. The number of carbonyl (C=O) groups is 2. The second kappa shape index (κ2) is 4.71. The number of benzene rings is 1. The smallest absolute Gasteiger partial charge is 0.319 e. The monoisotopic (exact) mass is 310 g/mol. The number of anilines is 1. The van der Waals surface area contributed by atoms with E-state index >= 15 is 0 Å². The van der Waals surface area contributed by atoms with Crippen LogP contribution in [0.1, 0.15) is 19.3 Å². The Labute approximate surface area is 123 Å². The maximum Gasteiger partial charge on any atom is 0.319 e. The molecule has 0 unspecified atom stereocenters. The predicted molar refractivity (Wildman–Crippen MR) is 77.2 cm³/mol. The molecule has 2 aromatic rings. The molecule has 1 heterocycles. The standard InChI is InChI=1S/C13H11ClN2O3S/c14-7-2-3-8-9(6-7)20-12(15-8)16-10(17)13(11(18)19)4-1-5-13/h2-3,6H,1,4-5H2,(H,18,19)(H,15,16,17). The third kappa shape index (κ3) is 2.05. The van der Waals surface area contributed by atoms with Gasteiger partial charge < -0.3 is 10.4 Å². The molecule has 20 heavy (non-hydrogen) atoms. The van der Waals surface area contributed by atoms with Gasteiger partial charge in [-0.25, -0.2) is 4.98 Å². The molecule has 1 amide bonds. The van der Waals surface area contributed by atoms with Gasteiger partial charge in [-0.1, -0.05) is 29.4 Å². The van der Waals surface area contributed by atoms with Crippen molar-refractivity contribution in [2.24, 2.45) is 5.41 Å². The number of rotatable bonds is 3. The molecule has 3 rings (SSSR count). The fourth-order valence-electron chi connectivity index (χ4n) is 2.24. The topological polar surface area (TPSA) is 79.3 Å². The zero-order valence-electron chi connectivity index (χ0n) is 10.4. The number of thiazole rings is 1. The number of carbonyl (C=O) groups excluding carboxylic acids is 1. The number of hydrogen-bond acceptors (Lipinski definition) is 4. The Morgan fingerprint density at radius 1 is 1.40 bits per heavy atom. The third-order valence-corrected chi connectivity index (χ3v) is 4.79. The number of fused-ring (bicyclic) bond motifs is 1. The van der Waals surface area contributed by atoms with Crippen molar-refractivity contribution >= 4 is 50.2 Å². The van der Waals surface area contributed by atoms with Gasteiger partial charge in [0.1, 0.15) is 5.41 Å². The summed E-state index contributed by atoms with van der Waals surface area (Å²) in [6, 6.07) is 5.25. The Morgan fingerprint density at radius 2 is 2.15 bits per heavy atom. The van der Waals surface area contributed by atoms with Crippen LogP contribution < -0.4 is 5.32 Å². The van der Waals surface area contributed by atoms with Crippen molar-refractivity contribution < 1.29 is 14.7 Å². The molecule has 0 radical (unpaired) electrons. The zero-order valence-corrected chi connectivity index (χ0v) is 11.9. The summed E-state index contributed by atoms with van der Waals surface area (Å²) in [6.07, 6.45) is 1.52. The molecule has 1 aliphatic carbocycles. The van der Waals surface area contributed by atoms with Gasteiger partial charge in [0, 0.05) is 5.02 Å². The minimum atomic E-state index is -1.28. The minimum Gasteiger partial charge on any atom is -0.480 e. The van der Waals surface area contributed by atoms with Crippen LogP contribution in [0.5, 0.6) is 0 Å². The number of carboxylic acids is 1. The fourth-order valence-corrected chi connectivity index (χ4v) is 3.37. The molecule has 0 atom stereocenters. The first-order valence-corrected chi connectivity index (χ1v) is 7.32. The molecular formula is C13H11ClN2O3S. The highest BCUT2D eigenvalue weighted by Crippen LogP contribution is 2.42. The number of aromatic nitrogens is 1. The number of aliphatic carboxylic acids is 1. The predicted octanol–water partition coefficient (Wildman–Crippen LogP) is 3.14. The van der Waals surface area contributed by atoms with E-state index in [9.17, 15) is 14.7 Å². The van der Waals surface area contributed by atoms with Crippen LogP contribution in [-0.2, 0) is 9.59 Å². The number of nitrogens with one attached hydrogen (secondary N) is 1. The summed E-state index contributed by atoms with van der Waals surface area (Å²) < 4.78 is 0.853. The van der Waals surface area contributed by atoms with Crippen molar-refractivity contribution in [3.63, 3.8) is 0 Å². The second-order valence-electron chi connectivity index (χ2n) is 4.83. The average molecular weight is 311 g/mol. The maximum atomic E-state index is 12.2. The van der Waals surface area contributed by atoms with Crippen LogP contribution in [0.25, 0.3) is 10.2 Å². The molecule has 0 bridgehead atoms. The highest BCUT2D eigenvalue weighted by Gasteiger charge is 2.51. The number of nitrogens with zero attached hydrogens (tertiary/aromatic N) is 1. The summed E-state index contributed by atoms with van der Waals surface area (Å²) in [4.78, 5) is 27.7. The van der Waals surface area contributed by atoms with Crippen molar-refractivity contribution in [1.82, 2.24) is 4.98 Å². The van der Waals surface area contributed by atoms with Crippen molar-refractivity contribution in [3.05, 3.63) is 23.2 Å². The average Bonchev–Trinajstić information content (AvgIpc) is 2.67. The largest absolute Gasteiger partial charge is 0.480 e. The Balaban J connectivity index is 1.86. The molecule has 104 valence electrons. The molecule has 1 aromatic carbocycles. The van der Waals surface area contributed by atoms with E-state index in [-0.39, 0.29) is 0 Å². The van der Waals surface area contributed by atoms with Crippen molar-refractivity contribution in [3.8, 4) is 0 Å². The molecule has 0 aliphatic heterocycles. The van der Waals surface area contributed by atoms with Crippen LogP contribution in [0.3, 0.4) is 0 Å². The number of halogens is 1. The molecule has 1 aliphatic rings. The summed E-state index contributed by atoms with van der Waals surface area (Å²) >= 11 is 7.17. The van der Waals surface area contributed by atoms with Crippen LogP contribution in [0.2, 0.25) is 5.02 Å². The first kappa shape index (κ1) is 13.3. The number of hydrogen-bond donors (Lipinski definition) is 2. The molecule has 0 saturated heterocycles. The SMILES string of the molecule is O=C(O)C1(C(=O)Nc2nc3ccc(Cl)cc3s2)CCC1. The lowest BCUT2D eigenvalue weighted by molar-refractivity contribution is -0.159. The maximum absolute atomic E-state index is 12.2. The molecule has 2 N–H and O–H groups in total. The van der Waals surface area contributed by atoms with Crippen LogP contribution in [0, 0.1) is 5.41 Å². The van der Waals surface area contributed by atoms with E-state index in [0.717, 1.165) is 16.6 Å². The minimum absolute atomic E-state index is 0.380. The van der Waals surface area contributed by atoms with E-state index in [1.165, 1.54) is 11.3 Å². The molecule has 7 heteroatoms. The van der Waals surface area contributed by atoms with Gasteiger partial charge in [0.15, 0.2) is 5.13 Å². The molecule has 1 saturated carbocycles. The summed E-state index contributed by atoms with van der Waals surface area (Å²) in [5.74, 6) is -1.55. The van der Waals surface area contributed by atoms with E-state index in [1.807, 2.05) is 0 Å². The van der Waals surface area contributed by atoms with Gasteiger partial charge in [-0.2, -0.15) is 0 Å². The first-order chi connectivity index (χ1) is 9.51. The zero-order chi connectivity index (χ0) is 14.3. The van der Waals surface area contributed by atoms with Gasteiger partial charge in [-0.15, -0.1) is 0 Å². The summed E-state index contributed by atoms with van der Waals surface area (Å²) in [5, 5.41) is 12.8. The van der Waals surface area contributed by atoms with Crippen molar-refractivity contribution in [1.29, 1.82) is 0 Å². The van der Waals surface area contributed by atoms with Crippen LogP contribution >= 0.6 is 22.9 Å². The van der Waals surface area contributed by atoms with Gasteiger partial charge in [-0.05, 0) is 31.0 Å². The van der Waals surface area contributed by atoms with Crippen molar-refractivity contribution in [2.45, 2.75) is 19.3 Å². The Kier molecular flexibility index (Phi) is 3.14. The molecule has 1 fully saturated rings. The van der Waals surface area contributed by atoms with E-state index < -0.39 is 17.3 Å². The van der Waals surface area contributed by atoms with Gasteiger partial charge in [0.25, 0.3) is 0 Å². The first-order valence-electron chi connectivity index (χ1n) is 6.12. The van der Waals surface area contributed by atoms with Crippen molar-refractivity contribution in [2.75, 3.05) is 5.32 Å². The van der Waals surface area contributed by atoms with Crippen LogP contribution in [0.15, 0.2) is 18.2 Å². The Morgan fingerprint density at radius 3 is 2.75 bits per heavy atom. The van der Waals surface area contributed by atoms with E-state index in [4.69, 9.17) is 11.6 Å². The lowest BCUT2D eigenvalue weighted by atomic mass is 9.68. The van der Waals surface area contributed by atoms with Crippen LogP contribution in [0.4, 0.5) is 5.13 Å². The summed E-state index contributed by atoms with van der Waals surface area (Å²) in [6.45, 7) is 0. The summed E-state index contributed by atoms with van der Waals surface area (Å²) in [5.41, 5.74) is -0.553. The molecule has 1 aromatic heterocycles. The number of carboxylic acid groups (broad SMARTS) is 1. The van der Waals surface area contributed by atoms with Gasteiger partial charge in [0.05, 0.1) is 10.2 Å². The van der Waals surface area contributed by atoms with Gasteiger partial charge >= 0.3 is 5.97 Å².